The minimum Gasteiger partial charge on any atom is -0.358 e. The molecule has 0 bridgehead atoms. The Labute approximate surface area is 181 Å². The average molecular weight is 446 g/mol. The highest BCUT2D eigenvalue weighted by atomic mass is 35.5. The summed E-state index contributed by atoms with van der Waals surface area (Å²) in [6.07, 6.45) is 1.93. The lowest BCUT2D eigenvalue weighted by Crippen LogP contribution is -2.39. The molecule has 3 aromatic rings. The zero-order valence-corrected chi connectivity index (χ0v) is 18.0. The maximum absolute atomic E-state index is 12.5. The molecule has 1 saturated heterocycles. The number of benzene rings is 2. The molecule has 30 heavy (non-hydrogen) atoms. The molecule has 6 nitrogen and oxygen atoms in total. The smallest absolute Gasteiger partial charge is 0.240 e. The summed E-state index contributed by atoms with van der Waals surface area (Å²) in [6.45, 7) is 1.43. The molecule has 1 fully saturated rings. The van der Waals surface area contributed by atoms with Gasteiger partial charge in [0, 0.05) is 48.2 Å². The standard InChI is InChI=1S/C22H24ClN3O3S/c23-18-5-3-6-19(15-18)30(28,29)24-11-8-22(27)26-12-9-16(10-13-26)21-14-17-4-1-2-7-20(17)25-21/h1-7,14-16,24-25H,8-13H2. The molecule has 2 aromatic carbocycles. The number of halogens is 1. The summed E-state index contributed by atoms with van der Waals surface area (Å²) in [4.78, 5) is 17.9. The van der Waals surface area contributed by atoms with E-state index < -0.39 is 10.0 Å². The minimum atomic E-state index is -3.68. The first-order valence-corrected chi connectivity index (χ1v) is 11.9. The van der Waals surface area contributed by atoms with Crippen LogP contribution >= 0.6 is 11.6 Å². The molecule has 1 amide bonds. The van der Waals surface area contributed by atoms with Gasteiger partial charge in [-0.15, -0.1) is 0 Å². The first-order chi connectivity index (χ1) is 14.4. The molecule has 8 heteroatoms. The summed E-state index contributed by atoms with van der Waals surface area (Å²) < 4.78 is 27.1. The second-order valence-electron chi connectivity index (χ2n) is 7.57. The van der Waals surface area contributed by atoms with Gasteiger partial charge in [0.15, 0.2) is 0 Å². The van der Waals surface area contributed by atoms with Crippen molar-refractivity contribution in [1.82, 2.24) is 14.6 Å². The van der Waals surface area contributed by atoms with Gasteiger partial charge in [0.1, 0.15) is 0 Å². The van der Waals surface area contributed by atoms with E-state index in [-0.39, 0.29) is 23.8 Å². The lowest BCUT2D eigenvalue weighted by Gasteiger charge is -2.31. The topological polar surface area (TPSA) is 82.3 Å². The van der Waals surface area contributed by atoms with Gasteiger partial charge in [-0.1, -0.05) is 35.9 Å². The van der Waals surface area contributed by atoms with Gasteiger partial charge in [0.05, 0.1) is 4.90 Å². The zero-order chi connectivity index (χ0) is 21.1. The first kappa shape index (κ1) is 20.9. The minimum absolute atomic E-state index is 0.0288. The fraction of sp³-hybridized carbons (Fsp3) is 0.318. The molecule has 1 aliphatic rings. The van der Waals surface area contributed by atoms with Gasteiger partial charge in [0.25, 0.3) is 0 Å². The monoisotopic (exact) mass is 445 g/mol. The van der Waals surface area contributed by atoms with Gasteiger partial charge < -0.3 is 9.88 Å². The fourth-order valence-corrected chi connectivity index (χ4v) is 5.26. The number of hydrogen-bond acceptors (Lipinski definition) is 3. The number of nitrogens with zero attached hydrogens (tertiary/aromatic N) is 1. The van der Waals surface area contributed by atoms with Crippen molar-refractivity contribution in [2.24, 2.45) is 0 Å². The summed E-state index contributed by atoms with van der Waals surface area (Å²) in [5, 5.41) is 1.56. The number of rotatable bonds is 6. The molecule has 1 aliphatic heterocycles. The van der Waals surface area contributed by atoms with E-state index in [1.165, 1.54) is 23.2 Å². The van der Waals surface area contributed by atoms with Crippen LogP contribution in [0.15, 0.2) is 59.5 Å². The molecule has 2 N–H and O–H groups in total. The molecule has 0 aliphatic carbocycles. The summed E-state index contributed by atoms with van der Waals surface area (Å²) in [6, 6.07) is 16.5. The van der Waals surface area contributed by atoms with Crippen LogP contribution in [-0.4, -0.2) is 43.8 Å². The number of para-hydroxylation sites is 1. The number of likely N-dealkylation sites (tertiary alicyclic amines) is 1. The number of amides is 1. The Hall–Kier alpha value is -2.35. The Morgan fingerprint density at radius 1 is 1.10 bits per heavy atom. The quantitative estimate of drug-likeness (QED) is 0.603. The van der Waals surface area contributed by atoms with Gasteiger partial charge in [0.2, 0.25) is 15.9 Å². The summed E-state index contributed by atoms with van der Waals surface area (Å²) in [5.41, 5.74) is 2.36. The third-order valence-electron chi connectivity index (χ3n) is 5.58. The number of aromatic nitrogens is 1. The average Bonchev–Trinajstić information content (AvgIpc) is 3.18. The Kier molecular flexibility index (Phi) is 6.13. The van der Waals surface area contributed by atoms with Crippen molar-refractivity contribution in [2.45, 2.75) is 30.1 Å². The number of hydrogen-bond donors (Lipinski definition) is 2. The van der Waals surface area contributed by atoms with Crippen LogP contribution in [0.25, 0.3) is 10.9 Å². The van der Waals surface area contributed by atoms with E-state index in [0.29, 0.717) is 24.0 Å². The van der Waals surface area contributed by atoms with Crippen LogP contribution in [0.2, 0.25) is 5.02 Å². The highest BCUT2D eigenvalue weighted by molar-refractivity contribution is 7.89. The number of piperidine rings is 1. The van der Waals surface area contributed by atoms with E-state index in [1.54, 1.807) is 12.1 Å². The van der Waals surface area contributed by atoms with Crippen LogP contribution in [0, 0.1) is 0 Å². The molecule has 0 radical (unpaired) electrons. The molecule has 1 aromatic heterocycles. The van der Waals surface area contributed by atoms with E-state index in [2.05, 4.69) is 27.9 Å². The number of fused-ring (bicyclic) bond motifs is 1. The molecule has 0 atom stereocenters. The lowest BCUT2D eigenvalue weighted by atomic mass is 9.93. The first-order valence-electron chi connectivity index (χ1n) is 10.0. The highest BCUT2D eigenvalue weighted by Crippen LogP contribution is 2.30. The van der Waals surface area contributed by atoms with Crippen LogP contribution in [0.4, 0.5) is 0 Å². The van der Waals surface area contributed by atoms with E-state index in [0.717, 1.165) is 18.4 Å². The second kappa shape index (κ2) is 8.79. The third-order valence-corrected chi connectivity index (χ3v) is 7.27. The molecule has 2 heterocycles. The maximum Gasteiger partial charge on any atom is 0.240 e. The Bertz CT molecular complexity index is 1120. The summed E-state index contributed by atoms with van der Waals surface area (Å²) in [5.74, 6) is 0.377. The van der Waals surface area contributed by atoms with Crippen molar-refractivity contribution in [3.05, 3.63) is 65.3 Å². The molecular weight excluding hydrogens is 422 g/mol. The Morgan fingerprint density at radius 2 is 1.87 bits per heavy atom. The molecule has 0 unspecified atom stereocenters. The number of aromatic amines is 1. The van der Waals surface area contributed by atoms with Crippen LogP contribution < -0.4 is 4.72 Å². The SMILES string of the molecule is O=C(CCNS(=O)(=O)c1cccc(Cl)c1)N1CCC(c2cc3ccccc3[nH]2)CC1. The molecule has 0 spiro atoms. The van der Waals surface area contributed by atoms with E-state index in [4.69, 9.17) is 11.6 Å². The Balaban J connectivity index is 1.27. The maximum atomic E-state index is 12.5. The predicted molar refractivity (Wildman–Crippen MR) is 118 cm³/mol. The lowest BCUT2D eigenvalue weighted by molar-refractivity contribution is -0.132. The van der Waals surface area contributed by atoms with Crippen LogP contribution in [0.3, 0.4) is 0 Å². The molecular formula is C22H24ClN3O3S. The van der Waals surface area contributed by atoms with Crippen LogP contribution in [-0.2, 0) is 14.8 Å². The van der Waals surface area contributed by atoms with Crippen molar-refractivity contribution >= 4 is 38.4 Å². The second-order valence-corrected chi connectivity index (χ2v) is 9.78. The van der Waals surface area contributed by atoms with Crippen molar-refractivity contribution in [2.75, 3.05) is 19.6 Å². The van der Waals surface area contributed by atoms with E-state index >= 15 is 0 Å². The third kappa shape index (κ3) is 4.69. The van der Waals surface area contributed by atoms with E-state index in [1.807, 2.05) is 17.0 Å². The van der Waals surface area contributed by atoms with Gasteiger partial charge in [-0.05, 0) is 48.6 Å². The van der Waals surface area contributed by atoms with Crippen LogP contribution in [0.1, 0.15) is 30.9 Å². The number of sulfonamides is 1. The Morgan fingerprint density at radius 3 is 2.60 bits per heavy atom. The van der Waals surface area contributed by atoms with Gasteiger partial charge >= 0.3 is 0 Å². The highest BCUT2D eigenvalue weighted by Gasteiger charge is 2.25. The summed E-state index contributed by atoms with van der Waals surface area (Å²) >= 11 is 5.86. The molecule has 158 valence electrons. The number of carbonyl (C=O) groups excluding carboxylic acids is 1. The van der Waals surface area contributed by atoms with Crippen molar-refractivity contribution in [1.29, 1.82) is 0 Å². The van der Waals surface area contributed by atoms with Crippen molar-refractivity contribution < 1.29 is 13.2 Å². The van der Waals surface area contributed by atoms with Crippen LogP contribution in [0.5, 0.6) is 0 Å². The zero-order valence-electron chi connectivity index (χ0n) is 16.5. The fourth-order valence-electron chi connectivity index (χ4n) is 3.92. The van der Waals surface area contributed by atoms with Crippen molar-refractivity contribution in [3.8, 4) is 0 Å². The number of carbonyl (C=O) groups is 1. The summed E-state index contributed by atoms with van der Waals surface area (Å²) in [7, 11) is -3.68. The number of H-pyrrole nitrogens is 1. The van der Waals surface area contributed by atoms with Gasteiger partial charge in [-0.2, -0.15) is 0 Å². The number of nitrogens with one attached hydrogen (secondary N) is 2. The van der Waals surface area contributed by atoms with Gasteiger partial charge in [-0.3, -0.25) is 4.79 Å². The van der Waals surface area contributed by atoms with Crippen molar-refractivity contribution in [3.63, 3.8) is 0 Å². The molecule has 4 rings (SSSR count). The van der Waals surface area contributed by atoms with Gasteiger partial charge in [-0.25, -0.2) is 13.1 Å². The molecule has 0 saturated carbocycles. The normalized spacial score (nSPS) is 15.6. The largest absolute Gasteiger partial charge is 0.358 e. The van der Waals surface area contributed by atoms with E-state index in [9.17, 15) is 13.2 Å². The predicted octanol–water partition coefficient (Wildman–Crippen LogP) is 3.90.